The monoisotopic (exact) mass is 468 g/mol. The zero-order valence-corrected chi connectivity index (χ0v) is 18.4. The molecule has 35 heavy (non-hydrogen) atoms. The van der Waals surface area contributed by atoms with Gasteiger partial charge in [0.05, 0.1) is 11.2 Å². The molecule has 6 aromatic rings. The van der Waals surface area contributed by atoms with E-state index in [1.165, 1.54) is 10.9 Å². The molecule has 0 atom stereocenters. The van der Waals surface area contributed by atoms with Gasteiger partial charge < -0.3 is 4.57 Å². The summed E-state index contributed by atoms with van der Waals surface area (Å²) in [6.07, 6.45) is -2.89. The van der Waals surface area contributed by atoms with Crippen molar-refractivity contribution in [1.29, 1.82) is 0 Å². The van der Waals surface area contributed by atoms with Crippen LogP contribution in [-0.4, -0.2) is 19.7 Å². The van der Waals surface area contributed by atoms with Crippen molar-refractivity contribution in [1.82, 2.24) is 19.7 Å². The molecule has 3 heterocycles. The molecule has 0 unspecified atom stereocenters. The molecular formula is C28H19F3N4. The van der Waals surface area contributed by atoms with Crippen molar-refractivity contribution in [2.24, 2.45) is 0 Å². The lowest BCUT2D eigenvalue weighted by Gasteiger charge is -2.09. The predicted molar refractivity (Wildman–Crippen MR) is 131 cm³/mol. The first-order valence-corrected chi connectivity index (χ1v) is 11.1. The molecule has 1 N–H and O–H groups in total. The van der Waals surface area contributed by atoms with Crippen molar-refractivity contribution in [3.05, 3.63) is 108 Å². The lowest BCUT2D eigenvalue weighted by atomic mass is 10.0. The van der Waals surface area contributed by atoms with E-state index in [2.05, 4.69) is 56.1 Å². The standard InChI is InChI=1S/C28H19F3N4/c29-28(30,31)27-16-24(33-34-27)23-14-20(12-13-32-23)19-10-11-22-21-8-4-5-9-25(21)35(26(22)15-19)17-18-6-2-1-3-7-18/h1-16H,17H2,(H,33,34). The van der Waals surface area contributed by atoms with Gasteiger partial charge in [-0.05, 0) is 47.0 Å². The number of hydrogen-bond donors (Lipinski definition) is 1. The number of nitrogens with zero attached hydrogens (tertiary/aromatic N) is 3. The summed E-state index contributed by atoms with van der Waals surface area (Å²) >= 11 is 0. The molecule has 4 nitrogen and oxygen atoms in total. The molecule has 0 saturated carbocycles. The highest BCUT2D eigenvalue weighted by atomic mass is 19.4. The number of pyridine rings is 1. The third kappa shape index (κ3) is 3.85. The van der Waals surface area contributed by atoms with Crippen molar-refractivity contribution < 1.29 is 13.2 Å². The third-order valence-corrected chi connectivity index (χ3v) is 6.20. The van der Waals surface area contributed by atoms with Gasteiger partial charge in [-0.15, -0.1) is 0 Å². The van der Waals surface area contributed by atoms with E-state index < -0.39 is 11.9 Å². The van der Waals surface area contributed by atoms with E-state index in [1.54, 1.807) is 12.3 Å². The Morgan fingerprint density at radius 1 is 0.714 bits per heavy atom. The first kappa shape index (κ1) is 21.2. The normalized spacial score (nSPS) is 12.0. The van der Waals surface area contributed by atoms with Crippen LogP contribution in [0.3, 0.4) is 0 Å². The van der Waals surface area contributed by atoms with Crippen LogP contribution >= 0.6 is 0 Å². The van der Waals surface area contributed by atoms with Gasteiger partial charge in [0.1, 0.15) is 11.4 Å². The summed E-state index contributed by atoms with van der Waals surface area (Å²) < 4.78 is 41.3. The number of hydrogen-bond acceptors (Lipinski definition) is 2. The van der Waals surface area contributed by atoms with Crippen molar-refractivity contribution in [3.63, 3.8) is 0 Å². The molecule has 0 saturated heterocycles. The topological polar surface area (TPSA) is 46.5 Å². The Bertz CT molecular complexity index is 1660. The second-order valence-corrected chi connectivity index (χ2v) is 8.42. The molecule has 172 valence electrons. The number of benzene rings is 3. The summed E-state index contributed by atoms with van der Waals surface area (Å²) in [5, 5.41) is 8.20. The molecule has 0 bridgehead atoms. The average Bonchev–Trinajstić information content (AvgIpc) is 3.49. The molecule has 0 fully saturated rings. The van der Waals surface area contributed by atoms with Crippen LogP contribution in [-0.2, 0) is 12.7 Å². The zero-order chi connectivity index (χ0) is 24.0. The van der Waals surface area contributed by atoms with Crippen LogP contribution < -0.4 is 0 Å². The van der Waals surface area contributed by atoms with E-state index in [0.717, 1.165) is 40.2 Å². The third-order valence-electron chi connectivity index (χ3n) is 6.20. The highest BCUT2D eigenvalue weighted by Crippen LogP contribution is 2.34. The first-order valence-electron chi connectivity index (χ1n) is 11.1. The Hall–Kier alpha value is -4.39. The van der Waals surface area contributed by atoms with Crippen molar-refractivity contribution in [2.75, 3.05) is 0 Å². The molecule has 0 aliphatic rings. The van der Waals surface area contributed by atoms with Crippen LogP contribution in [0.1, 0.15) is 11.3 Å². The summed E-state index contributed by atoms with van der Waals surface area (Å²) in [6.45, 7) is 0.726. The van der Waals surface area contributed by atoms with Crippen LogP contribution in [0.2, 0.25) is 0 Å². The van der Waals surface area contributed by atoms with Crippen LogP contribution in [0.4, 0.5) is 13.2 Å². The zero-order valence-electron chi connectivity index (χ0n) is 18.4. The van der Waals surface area contributed by atoms with Gasteiger partial charge in [-0.25, -0.2) is 0 Å². The summed E-state index contributed by atoms with van der Waals surface area (Å²) in [5.74, 6) is 0. The summed E-state index contributed by atoms with van der Waals surface area (Å²) in [7, 11) is 0. The number of halogens is 3. The van der Waals surface area contributed by atoms with E-state index in [4.69, 9.17) is 0 Å². The maximum atomic E-state index is 13.0. The number of alkyl halides is 3. The average molecular weight is 468 g/mol. The minimum absolute atomic E-state index is 0.151. The van der Waals surface area contributed by atoms with Crippen LogP contribution in [0.25, 0.3) is 44.3 Å². The van der Waals surface area contributed by atoms with E-state index in [9.17, 15) is 13.2 Å². The van der Waals surface area contributed by atoms with E-state index in [1.807, 2.05) is 42.5 Å². The number of nitrogens with one attached hydrogen (secondary N) is 1. The first-order chi connectivity index (χ1) is 17.0. The SMILES string of the molecule is FC(F)(F)c1cc(-c2cc(-c3ccc4c5ccccc5n(Cc5ccccc5)c4c3)ccn2)n[nH]1. The fourth-order valence-electron chi connectivity index (χ4n) is 4.51. The Morgan fingerprint density at radius 2 is 1.46 bits per heavy atom. The molecular weight excluding hydrogens is 449 g/mol. The largest absolute Gasteiger partial charge is 0.432 e. The van der Waals surface area contributed by atoms with E-state index >= 15 is 0 Å². The molecule has 0 amide bonds. The second-order valence-electron chi connectivity index (χ2n) is 8.42. The summed E-state index contributed by atoms with van der Waals surface area (Å²) in [4.78, 5) is 4.25. The molecule has 3 aromatic carbocycles. The Kier molecular flexibility index (Phi) is 4.91. The molecule has 3 aromatic heterocycles. The summed E-state index contributed by atoms with van der Waals surface area (Å²) in [5.41, 5.74) is 4.87. The quantitative estimate of drug-likeness (QED) is 0.295. The van der Waals surface area contributed by atoms with Gasteiger partial charge in [-0.2, -0.15) is 18.3 Å². The number of aromatic amines is 1. The lowest BCUT2D eigenvalue weighted by molar-refractivity contribution is -0.141. The number of fused-ring (bicyclic) bond motifs is 3. The Balaban J connectivity index is 1.46. The number of H-pyrrole nitrogens is 1. The molecule has 7 heteroatoms. The van der Waals surface area contributed by atoms with Gasteiger partial charge in [0, 0.05) is 29.0 Å². The predicted octanol–water partition coefficient (Wildman–Crippen LogP) is 7.31. The highest BCUT2D eigenvalue weighted by Gasteiger charge is 2.33. The van der Waals surface area contributed by atoms with Crippen molar-refractivity contribution in [3.8, 4) is 22.5 Å². The molecule has 6 rings (SSSR count). The van der Waals surface area contributed by atoms with Gasteiger partial charge >= 0.3 is 6.18 Å². The minimum atomic E-state index is -4.49. The number of para-hydroxylation sites is 1. The number of rotatable bonds is 4. The van der Waals surface area contributed by atoms with Crippen molar-refractivity contribution >= 4 is 21.8 Å². The van der Waals surface area contributed by atoms with E-state index in [-0.39, 0.29) is 5.69 Å². The van der Waals surface area contributed by atoms with Gasteiger partial charge in [0.2, 0.25) is 0 Å². The van der Waals surface area contributed by atoms with Gasteiger partial charge in [-0.1, -0.05) is 60.7 Å². The molecule has 0 spiro atoms. The lowest BCUT2D eigenvalue weighted by Crippen LogP contribution is -2.04. The Morgan fingerprint density at radius 3 is 2.26 bits per heavy atom. The molecule has 0 aliphatic carbocycles. The fourth-order valence-corrected chi connectivity index (χ4v) is 4.51. The van der Waals surface area contributed by atoms with Crippen molar-refractivity contribution in [2.45, 2.75) is 12.7 Å². The maximum absolute atomic E-state index is 13.0. The highest BCUT2D eigenvalue weighted by molar-refractivity contribution is 6.09. The van der Waals surface area contributed by atoms with Gasteiger partial charge in [0.15, 0.2) is 0 Å². The van der Waals surface area contributed by atoms with Crippen LogP contribution in [0.5, 0.6) is 0 Å². The molecule has 0 radical (unpaired) electrons. The molecule has 0 aliphatic heterocycles. The van der Waals surface area contributed by atoms with Crippen LogP contribution in [0.15, 0.2) is 97.2 Å². The fraction of sp³-hybridized carbons (Fsp3) is 0.0714. The minimum Gasteiger partial charge on any atom is -0.336 e. The maximum Gasteiger partial charge on any atom is 0.432 e. The van der Waals surface area contributed by atoms with E-state index in [0.29, 0.717) is 5.69 Å². The van der Waals surface area contributed by atoms with Crippen LogP contribution in [0, 0.1) is 0 Å². The number of aromatic nitrogens is 4. The van der Waals surface area contributed by atoms with Gasteiger partial charge in [0.25, 0.3) is 0 Å². The Labute approximate surface area is 198 Å². The smallest absolute Gasteiger partial charge is 0.336 e. The summed E-state index contributed by atoms with van der Waals surface area (Å²) in [6, 6.07) is 29.5. The van der Waals surface area contributed by atoms with Gasteiger partial charge in [-0.3, -0.25) is 10.1 Å². The second kappa shape index (κ2) is 8.13.